The monoisotopic (exact) mass is 415 g/mol. The molecule has 10 heteroatoms. The number of ether oxygens (including phenoxy) is 1. The largest absolute Gasteiger partial charge is 0.574 e. The number of nitrogens with zero attached hydrogens (tertiary/aromatic N) is 4. The van der Waals surface area contributed by atoms with E-state index in [1.54, 1.807) is 6.07 Å². The van der Waals surface area contributed by atoms with Crippen LogP contribution in [0.2, 0.25) is 0 Å². The molecule has 4 aromatic rings. The van der Waals surface area contributed by atoms with E-state index < -0.39 is 12.2 Å². The van der Waals surface area contributed by atoms with Crippen molar-refractivity contribution >= 4 is 23.1 Å². The number of nitrogens with one attached hydrogen (secondary N) is 1. The first-order chi connectivity index (χ1) is 14.0. The summed E-state index contributed by atoms with van der Waals surface area (Å²) in [6, 6.07) is 15.4. The summed E-state index contributed by atoms with van der Waals surface area (Å²) in [6.07, 6.45) is -3.29. The molecule has 146 valence electrons. The summed E-state index contributed by atoms with van der Waals surface area (Å²) in [5.74, 6) is -0.286. The molecule has 1 aromatic carbocycles. The molecule has 6 nitrogen and oxygen atoms in total. The number of anilines is 2. The summed E-state index contributed by atoms with van der Waals surface area (Å²) in [7, 11) is 0. The Morgan fingerprint density at radius 3 is 2.48 bits per heavy atom. The summed E-state index contributed by atoms with van der Waals surface area (Å²) in [5, 5.41) is 5.51. The molecule has 0 atom stereocenters. The number of halogens is 3. The van der Waals surface area contributed by atoms with E-state index in [1.807, 2.05) is 35.7 Å². The molecule has 1 N–H and O–H groups in total. The molecule has 0 radical (unpaired) electrons. The van der Waals surface area contributed by atoms with Gasteiger partial charge in [0.1, 0.15) is 16.5 Å². The standard InChI is InChI=1S/C19H12F3N5OS/c20-19(21,22)28-16-8-4-7-15(26-16)27-18-23-10-9-13(25-18)14-11-29-17(24-14)12-5-2-1-3-6-12/h1-11H,(H,23,25,26,27). The van der Waals surface area contributed by atoms with Crippen LogP contribution < -0.4 is 10.1 Å². The Morgan fingerprint density at radius 2 is 1.69 bits per heavy atom. The van der Waals surface area contributed by atoms with Gasteiger partial charge in [0.25, 0.3) is 0 Å². The van der Waals surface area contributed by atoms with Gasteiger partial charge in [0.15, 0.2) is 0 Å². The number of hydrogen-bond donors (Lipinski definition) is 1. The summed E-state index contributed by atoms with van der Waals surface area (Å²) in [4.78, 5) is 16.8. The van der Waals surface area contributed by atoms with Crippen LogP contribution in [0.1, 0.15) is 0 Å². The first kappa shape index (κ1) is 18.8. The van der Waals surface area contributed by atoms with Crippen molar-refractivity contribution in [2.75, 3.05) is 5.32 Å². The number of aromatic nitrogens is 4. The molecular weight excluding hydrogens is 403 g/mol. The maximum absolute atomic E-state index is 12.4. The molecule has 4 rings (SSSR count). The fraction of sp³-hybridized carbons (Fsp3) is 0.0526. The number of pyridine rings is 1. The normalized spacial score (nSPS) is 11.3. The maximum Gasteiger partial charge on any atom is 0.574 e. The van der Waals surface area contributed by atoms with Crippen LogP contribution >= 0.6 is 11.3 Å². The van der Waals surface area contributed by atoms with Crippen LogP contribution in [0.4, 0.5) is 24.9 Å². The third kappa shape index (κ3) is 4.85. The van der Waals surface area contributed by atoms with Gasteiger partial charge in [0, 0.05) is 23.2 Å². The molecule has 3 heterocycles. The fourth-order valence-electron chi connectivity index (χ4n) is 2.44. The van der Waals surface area contributed by atoms with Gasteiger partial charge in [0.05, 0.1) is 5.69 Å². The van der Waals surface area contributed by atoms with Gasteiger partial charge in [-0.15, -0.1) is 24.5 Å². The average molecular weight is 415 g/mol. The number of hydrogen-bond acceptors (Lipinski definition) is 7. The lowest BCUT2D eigenvalue weighted by Gasteiger charge is -2.09. The first-order valence-corrected chi connectivity index (χ1v) is 9.18. The van der Waals surface area contributed by atoms with Gasteiger partial charge < -0.3 is 10.1 Å². The summed E-state index contributed by atoms with van der Waals surface area (Å²) in [5.41, 5.74) is 2.24. The van der Waals surface area contributed by atoms with Crippen LogP contribution in [0, 0.1) is 0 Å². The zero-order valence-corrected chi connectivity index (χ0v) is 15.4. The minimum absolute atomic E-state index is 0.118. The molecular formula is C19H12F3N5OS. The van der Waals surface area contributed by atoms with Crippen LogP contribution in [-0.4, -0.2) is 26.3 Å². The Bertz CT molecular complexity index is 1120. The van der Waals surface area contributed by atoms with E-state index in [0.29, 0.717) is 11.4 Å². The lowest BCUT2D eigenvalue weighted by Crippen LogP contribution is -2.18. The second-order valence-corrected chi connectivity index (χ2v) is 6.56. The lowest BCUT2D eigenvalue weighted by atomic mass is 10.2. The molecule has 29 heavy (non-hydrogen) atoms. The van der Waals surface area contributed by atoms with E-state index in [0.717, 1.165) is 16.6 Å². The predicted molar refractivity (Wildman–Crippen MR) is 103 cm³/mol. The molecule has 0 saturated heterocycles. The van der Waals surface area contributed by atoms with Crippen molar-refractivity contribution < 1.29 is 17.9 Å². The summed E-state index contributed by atoms with van der Waals surface area (Å²) in [6.45, 7) is 0. The molecule has 0 fully saturated rings. The van der Waals surface area contributed by atoms with Gasteiger partial charge in [-0.25, -0.2) is 15.0 Å². The minimum atomic E-state index is -4.82. The molecule has 0 spiro atoms. The van der Waals surface area contributed by atoms with Crippen LogP contribution in [0.15, 0.2) is 66.2 Å². The van der Waals surface area contributed by atoms with Gasteiger partial charge in [-0.2, -0.15) is 4.98 Å². The number of thiazole rings is 1. The molecule has 0 aliphatic heterocycles. The molecule has 3 aromatic heterocycles. The zero-order chi connectivity index (χ0) is 20.3. The SMILES string of the molecule is FC(F)(F)Oc1cccc(Nc2nccc(-c3csc(-c4ccccc4)n3)n2)n1. The topological polar surface area (TPSA) is 72.8 Å². The lowest BCUT2D eigenvalue weighted by molar-refractivity contribution is -0.276. The van der Waals surface area contributed by atoms with Gasteiger partial charge in [-0.1, -0.05) is 36.4 Å². The van der Waals surface area contributed by atoms with Crippen molar-refractivity contribution in [3.63, 3.8) is 0 Å². The first-order valence-electron chi connectivity index (χ1n) is 8.30. The van der Waals surface area contributed by atoms with Crippen LogP contribution in [0.5, 0.6) is 5.88 Å². The Labute approximate surface area is 167 Å². The Hall–Kier alpha value is -3.53. The van der Waals surface area contributed by atoms with E-state index in [-0.39, 0.29) is 11.8 Å². The van der Waals surface area contributed by atoms with E-state index in [4.69, 9.17) is 0 Å². The smallest absolute Gasteiger partial charge is 0.388 e. The average Bonchev–Trinajstić information content (AvgIpc) is 3.18. The minimum Gasteiger partial charge on any atom is -0.388 e. The van der Waals surface area contributed by atoms with E-state index in [9.17, 15) is 13.2 Å². The highest BCUT2D eigenvalue weighted by Crippen LogP contribution is 2.28. The third-order valence-electron chi connectivity index (χ3n) is 3.63. The van der Waals surface area contributed by atoms with Crippen molar-refractivity contribution in [3.8, 4) is 27.8 Å². The van der Waals surface area contributed by atoms with Crippen LogP contribution in [0.25, 0.3) is 22.0 Å². The molecule has 0 aliphatic carbocycles. The van der Waals surface area contributed by atoms with Crippen molar-refractivity contribution in [1.82, 2.24) is 19.9 Å². The highest BCUT2D eigenvalue weighted by Gasteiger charge is 2.31. The molecule has 0 aliphatic rings. The second-order valence-electron chi connectivity index (χ2n) is 5.70. The second kappa shape index (κ2) is 7.84. The van der Waals surface area contributed by atoms with Crippen molar-refractivity contribution in [1.29, 1.82) is 0 Å². The summed E-state index contributed by atoms with van der Waals surface area (Å²) < 4.78 is 40.9. The van der Waals surface area contributed by atoms with E-state index >= 15 is 0 Å². The highest BCUT2D eigenvalue weighted by atomic mass is 32.1. The van der Waals surface area contributed by atoms with E-state index in [2.05, 4.69) is 30.0 Å². The Balaban J connectivity index is 1.54. The van der Waals surface area contributed by atoms with Crippen molar-refractivity contribution in [2.24, 2.45) is 0 Å². The van der Waals surface area contributed by atoms with Crippen LogP contribution in [0.3, 0.4) is 0 Å². The summed E-state index contributed by atoms with van der Waals surface area (Å²) >= 11 is 1.49. The quantitative estimate of drug-likeness (QED) is 0.477. The number of rotatable bonds is 5. The zero-order valence-electron chi connectivity index (χ0n) is 14.6. The molecule has 0 saturated carbocycles. The highest BCUT2D eigenvalue weighted by molar-refractivity contribution is 7.13. The predicted octanol–water partition coefficient (Wildman–Crippen LogP) is 5.30. The maximum atomic E-state index is 12.4. The van der Waals surface area contributed by atoms with Crippen LogP contribution in [-0.2, 0) is 0 Å². The third-order valence-corrected chi connectivity index (χ3v) is 4.52. The van der Waals surface area contributed by atoms with Gasteiger partial charge in [-0.05, 0) is 12.1 Å². The van der Waals surface area contributed by atoms with Gasteiger partial charge >= 0.3 is 6.36 Å². The van der Waals surface area contributed by atoms with Crippen molar-refractivity contribution in [3.05, 3.63) is 66.2 Å². The Morgan fingerprint density at radius 1 is 0.862 bits per heavy atom. The number of benzene rings is 1. The molecule has 0 unspecified atom stereocenters. The van der Waals surface area contributed by atoms with Crippen molar-refractivity contribution in [2.45, 2.75) is 6.36 Å². The molecule has 0 amide bonds. The van der Waals surface area contributed by atoms with Gasteiger partial charge in [0.2, 0.25) is 11.8 Å². The van der Waals surface area contributed by atoms with E-state index in [1.165, 1.54) is 29.7 Å². The van der Waals surface area contributed by atoms with Gasteiger partial charge in [-0.3, -0.25) is 0 Å². The molecule has 0 bridgehead atoms. The Kier molecular flexibility index (Phi) is 5.09. The number of alkyl halides is 3. The fourth-order valence-corrected chi connectivity index (χ4v) is 3.26.